The van der Waals surface area contributed by atoms with Gasteiger partial charge in [-0.2, -0.15) is 0 Å². The number of alkyl carbamates (subject to hydrolysis) is 1. The summed E-state index contributed by atoms with van der Waals surface area (Å²) in [6.45, 7) is 1.98. The van der Waals surface area contributed by atoms with Crippen LogP contribution in [0.5, 0.6) is 5.75 Å². The van der Waals surface area contributed by atoms with Gasteiger partial charge in [-0.1, -0.05) is 49.4 Å². The normalized spacial score (nSPS) is 21.8. The molecule has 136 valence electrons. The molecule has 0 saturated carbocycles. The molecule has 0 radical (unpaired) electrons. The molecule has 0 bridgehead atoms. The Labute approximate surface area is 152 Å². The zero-order valence-electron chi connectivity index (χ0n) is 14.8. The second kappa shape index (κ2) is 7.91. The number of carbonyl (C=O) groups excluding carboxylic acids is 2. The predicted octanol–water partition coefficient (Wildman–Crippen LogP) is 2.80. The molecule has 26 heavy (non-hydrogen) atoms. The second-order valence-corrected chi connectivity index (χ2v) is 6.28. The Kier molecular flexibility index (Phi) is 5.41. The third-order valence-electron chi connectivity index (χ3n) is 4.58. The molecule has 1 fully saturated rings. The fraction of sp³-hybridized carbons (Fsp3) is 0.300. The van der Waals surface area contributed by atoms with E-state index in [1.807, 2.05) is 54.6 Å². The first-order chi connectivity index (χ1) is 12.6. The van der Waals surface area contributed by atoms with Crippen LogP contribution < -0.4 is 15.4 Å². The third kappa shape index (κ3) is 3.96. The van der Waals surface area contributed by atoms with Crippen LogP contribution in [0.15, 0.2) is 54.6 Å². The quantitative estimate of drug-likeness (QED) is 0.866. The topological polar surface area (TPSA) is 76.7 Å². The van der Waals surface area contributed by atoms with Crippen molar-refractivity contribution in [1.82, 2.24) is 10.6 Å². The van der Waals surface area contributed by atoms with E-state index in [1.54, 1.807) is 14.0 Å². The number of amides is 2. The molecule has 3 atom stereocenters. The average molecular weight is 354 g/mol. The third-order valence-corrected chi connectivity index (χ3v) is 4.58. The molecule has 2 amide bonds. The first-order valence-corrected chi connectivity index (χ1v) is 8.50. The van der Waals surface area contributed by atoms with Crippen LogP contribution in [0.1, 0.15) is 24.1 Å². The van der Waals surface area contributed by atoms with Crippen molar-refractivity contribution in [2.24, 2.45) is 5.92 Å². The molecule has 3 rings (SSSR count). The van der Waals surface area contributed by atoms with Crippen LogP contribution in [-0.2, 0) is 16.1 Å². The smallest absolute Gasteiger partial charge is 0.407 e. The summed E-state index contributed by atoms with van der Waals surface area (Å²) in [6.07, 6.45) is -0.541. The number of rotatable bonds is 5. The summed E-state index contributed by atoms with van der Waals surface area (Å²) < 4.78 is 10.4. The summed E-state index contributed by atoms with van der Waals surface area (Å²) in [5.41, 5.74) is 1.81. The van der Waals surface area contributed by atoms with Gasteiger partial charge in [0.05, 0.1) is 25.1 Å². The van der Waals surface area contributed by atoms with Gasteiger partial charge >= 0.3 is 6.09 Å². The number of benzene rings is 2. The van der Waals surface area contributed by atoms with E-state index in [9.17, 15) is 9.59 Å². The van der Waals surface area contributed by atoms with Crippen molar-refractivity contribution < 1.29 is 19.1 Å². The number of methoxy groups -OCH3 is 1. The summed E-state index contributed by atoms with van der Waals surface area (Å²) in [4.78, 5) is 24.3. The van der Waals surface area contributed by atoms with Crippen molar-refractivity contribution in [3.8, 4) is 5.75 Å². The van der Waals surface area contributed by atoms with Gasteiger partial charge in [0.15, 0.2) is 0 Å². The second-order valence-electron chi connectivity index (χ2n) is 6.28. The largest absolute Gasteiger partial charge is 0.497 e. The highest BCUT2D eigenvalue weighted by molar-refractivity contribution is 5.83. The lowest BCUT2D eigenvalue weighted by Crippen LogP contribution is -2.41. The minimum absolute atomic E-state index is 0.0980. The lowest BCUT2D eigenvalue weighted by atomic mass is 9.95. The monoisotopic (exact) mass is 354 g/mol. The van der Waals surface area contributed by atoms with Gasteiger partial charge in [0, 0.05) is 0 Å². The molecule has 6 heteroatoms. The zero-order valence-corrected chi connectivity index (χ0v) is 14.8. The van der Waals surface area contributed by atoms with E-state index in [2.05, 4.69) is 10.6 Å². The lowest BCUT2D eigenvalue weighted by Gasteiger charge is -2.22. The van der Waals surface area contributed by atoms with Gasteiger partial charge in [-0.05, 0) is 23.3 Å². The van der Waals surface area contributed by atoms with E-state index in [1.165, 1.54) is 0 Å². The summed E-state index contributed by atoms with van der Waals surface area (Å²) in [7, 11) is 1.60. The fourth-order valence-corrected chi connectivity index (χ4v) is 3.04. The van der Waals surface area contributed by atoms with Crippen LogP contribution >= 0.6 is 0 Å². The van der Waals surface area contributed by atoms with Crippen molar-refractivity contribution in [3.63, 3.8) is 0 Å². The van der Waals surface area contributed by atoms with Crippen molar-refractivity contribution in [1.29, 1.82) is 0 Å². The van der Waals surface area contributed by atoms with Crippen LogP contribution in [-0.4, -0.2) is 25.2 Å². The van der Waals surface area contributed by atoms with E-state index >= 15 is 0 Å². The molecular formula is C20H22N2O4. The van der Waals surface area contributed by atoms with Crippen molar-refractivity contribution >= 4 is 12.0 Å². The maximum atomic E-state index is 12.2. The molecular weight excluding hydrogens is 332 g/mol. The molecule has 2 aromatic carbocycles. The van der Waals surface area contributed by atoms with E-state index in [0.29, 0.717) is 0 Å². The van der Waals surface area contributed by atoms with Gasteiger partial charge in [-0.3, -0.25) is 4.79 Å². The van der Waals surface area contributed by atoms with Crippen LogP contribution in [0.3, 0.4) is 0 Å². The van der Waals surface area contributed by atoms with Gasteiger partial charge in [0.1, 0.15) is 12.4 Å². The van der Waals surface area contributed by atoms with Crippen LogP contribution in [0, 0.1) is 5.92 Å². The summed E-state index contributed by atoms with van der Waals surface area (Å²) in [5.74, 6) is 0.281. The minimum Gasteiger partial charge on any atom is -0.497 e. The Morgan fingerprint density at radius 2 is 1.81 bits per heavy atom. The first-order valence-electron chi connectivity index (χ1n) is 8.50. The Bertz CT molecular complexity index is 761. The Hall–Kier alpha value is -3.02. The number of carbonyl (C=O) groups is 2. The molecule has 0 aliphatic carbocycles. The van der Waals surface area contributed by atoms with Crippen LogP contribution in [0.4, 0.5) is 4.79 Å². The van der Waals surface area contributed by atoms with Crippen molar-refractivity contribution in [2.75, 3.05) is 7.11 Å². The molecule has 1 saturated heterocycles. The van der Waals surface area contributed by atoms with Crippen LogP contribution in [0.25, 0.3) is 0 Å². The molecule has 1 heterocycles. The van der Waals surface area contributed by atoms with E-state index < -0.39 is 6.09 Å². The molecule has 0 spiro atoms. The van der Waals surface area contributed by atoms with E-state index in [4.69, 9.17) is 9.47 Å². The maximum absolute atomic E-state index is 12.2. The van der Waals surface area contributed by atoms with Crippen LogP contribution in [0.2, 0.25) is 0 Å². The van der Waals surface area contributed by atoms with Crippen molar-refractivity contribution in [2.45, 2.75) is 25.6 Å². The summed E-state index contributed by atoms with van der Waals surface area (Å²) in [6, 6.07) is 16.2. The van der Waals surface area contributed by atoms with Crippen molar-refractivity contribution in [3.05, 3.63) is 65.7 Å². The highest BCUT2D eigenvalue weighted by Gasteiger charge is 2.41. The Morgan fingerprint density at radius 3 is 2.46 bits per heavy atom. The maximum Gasteiger partial charge on any atom is 0.407 e. The zero-order chi connectivity index (χ0) is 18.5. The number of nitrogens with one attached hydrogen (secondary N) is 2. The molecule has 2 N–H and O–H groups in total. The van der Waals surface area contributed by atoms with Gasteiger partial charge in [0.2, 0.25) is 5.91 Å². The summed E-state index contributed by atoms with van der Waals surface area (Å²) >= 11 is 0. The molecule has 1 aliphatic rings. The van der Waals surface area contributed by atoms with E-state index in [-0.39, 0.29) is 30.5 Å². The van der Waals surface area contributed by atoms with Gasteiger partial charge in [-0.25, -0.2) is 4.79 Å². The molecule has 6 nitrogen and oxygen atoms in total. The van der Waals surface area contributed by atoms with Gasteiger partial charge in [0.25, 0.3) is 0 Å². The number of ether oxygens (including phenoxy) is 2. The number of hydrogen-bond donors (Lipinski definition) is 2. The Balaban J connectivity index is 1.66. The lowest BCUT2D eigenvalue weighted by molar-refractivity contribution is -0.122. The molecule has 0 aromatic heterocycles. The van der Waals surface area contributed by atoms with Gasteiger partial charge < -0.3 is 20.1 Å². The molecule has 3 unspecified atom stereocenters. The Morgan fingerprint density at radius 1 is 1.12 bits per heavy atom. The highest BCUT2D eigenvalue weighted by Crippen LogP contribution is 2.29. The predicted molar refractivity (Wildman–Crippen MR) is 96.6 cm³/mol. The molecule has 2 aromatic rings. The SMILES string of the molecule is COc1ccc(C2NC(=O)C(C)C2NC(=O)OCc2ccccc2)cc1. The standard InChI is InChI=1S/C20H22N2O4/c1-13-17(22-20(24)26-12-14-6-4-3-5-7-14)18(21-19(13)23)15-8-10-16(25-2)11-9-15/h3-11,13,17-18H,12H2,1-2H3,(H,21,23)(H,22,24). The minimum atomic E-state index is -0.541. The average Bonchev–Trinajstić information content (AvgIpc) is 2.95. The number of hydrogen-bond acceptors (Lipinski definition) is 4. The fourth-order valence-electron chi connectivity index (χ4n) is 3.04. The summed E-state index contributed by atoms with van der Waals surface area (Å²) in [5, 5.41) is 5.77. The molecule has 1 aliphatic heterocycles. The van der Waals surface area contributed by atoms with Gasteiger partial charge in [-0.15, -0.1) is 0 Å². The first kappa shape index (κ1) is 17.8. The van der Waals surface area contributed by atoms with E-state index in [0.717, 1.165) is 16.9 Å². The highest BCUT2D eigenvalue weighted by atomic mass is 16.5.